The van der Waals surface area contributed by atoms with Gasteiger partial charge in [0.1, 0.15) is 11.5 Å². The Morgan fingerprint density at radius 3 is 1.47 bits per heavy atom. The van der Waals surface area contributed by atoms with Crippen molar-refractivity contribution >= 4 is 43.7 Å². The van der Waals surface area contributed by atoms with E-state index < -0.39 is 0 Å². The largest absolute Gasteiger partial charge is 0.483 e. The molecule has 0 bridgehead atoms. The molecule has 0 spiro atoms. The molecule has 0 saturated heterocycles. The molecule has 6 nitrogen and oxygen atoms in total. The van der Waals surface area contributed by atoms with Gasteiger partial charge in [0.05, 0.1) is 0 Å². The fourth-order valence-corrected chi connectivity index (χ4v) is 5.48. The van der Waals surface area contributed by atoms with Crippen molar-refractivity contribution in [1.29, 1.82) is 0 Å². The van der Waals surface area contributed by atoms with Gasteiger partial charge in [0.15, 0.2) is 13.2 Å². The molecule has 3 rings (SSSR count). The SMILES string of the molecule is Cc1cc(OCC(=O)N[C@H]2CCCC[C@@H]2NC(=O)COc2cc(C)c(Br)cc2C(C)C)c(C(C)C)cc1Br. The Hall–Kier alpha value is -2.06. The average Bonchev–Trinajstić information content (AvgIpc) is 2.85. The average molecular weight is 652 g/mol. The molecule has 0 heterocycles. The minimum atomic E-state index is -0.186. The Morgan fingerprint density at radius 2 is 1.13 bits per heavy atom. The summed E-state index contributed by atoms with van der Waals surface area (Å²) in [6, 6.07) is 7.77. The van der Waals surface area contributed by atoms with E-state index in [1.165, 1.54) is 0 Å². The van der Waals surface area contributed by atoms with Gasteiger partial charge in [-0.2, -0.15) is 0 Å². The molecule has 2 aromatic carbocycles. The summed E-state index contributed by atoms with van der Waals surface area (Å²) >= 11 is 7.16. The molecule has 2 aromatic rings. The number of carbonyl (C=O) groups excluding carboxylic acids is 2. The van der Waals surface area contributed by atoms with Gasteiger partial charge in [-0.05, 0) is 85.0 Å². The second-order valence-electron chi connectivity index (χ2n) is 10.8. The van der Waals surface area contributed by atoms with E-state index in [1.54, 1.807) is 0 Å². The van der Waals surface area contributed by atoms with Crippen LogP contribution in [0.1, 0.15) is 87.5 Å². The van der Waals surface area contributed by atoms with E-state index in [4.69, 9.17) is 9.47 Å². The summed E-state index contributed by atoms with van der Waals surface area (Å²) in [7, 11) is 0. The van der Waals surface area contributed by atoms with Crippen molar-refractivity contribution in [3.8, 4) is 11.5 Å². The van der Waals surface area contributed by atoms with Crippen molar-refractivity contribution in [3.63, 3.8) is 0 Å². The van der Waals surface area contributed by atoms with Crippen molar-refractivity contribution in [2.75, 3.05) is 13.2 Å². The van der Waals surface area contributed by atoms with Gasteiger partial charge in [0, 0.05) is 21.0 Å². The van der Waals surface area contributed by atoms with Crippen LogP contribution in [0.2, 0.25) is 0 Å². The van der Waals surface area contributed by atoms with E-state index in [1.807, 2.05) is 26.0 Å². The van der Waals surface area contributed by atoms with E-state index in [-0.39, 0.29) is 48.9 Å². The third-order valence-electron chi connectivity index (χ3n) is 7.00. The van der Waals surface area contributed by atoms with Crippen molar-refractivity contribution in [2.24, 2.45) is 0 Å². The highest BCUT2D eigenvalue weighted by Gasteiger charge is 2.28. The predicted octanol–water partition coefficient (Wildman–Crippen LogP) is 7.08. The molecule has 38 heavy (non-hydrogen) atoms. The number of ether oxygens (including phenoxy) is 2. The van der Waals surface area contributed by atoms with Crippen LogP contribution in [0.25, 0.3) is 0 Å². The highest BCUT2D eigenvalue weighted by atomic mass is 79.9. The van der Waals surface area contributed by atoms with Crippen LogP contribution in [0.15, 0.2) is 33.2 Å². The smallest absolute Gasteiger partial charge is 0.258 e. The van der Waals surface area contributed by atoms with Crippen LogP contribution in [0.5, 0.6) is 11.5 Å². The molecule has 0 aromatic heterocycles. The third kappa shape index (κ3) is 8.22. The maximum atomic E-state index is 12.8. The van der Waals surface area contributed by atoms with Crippen LogP contribution in [0.3, 0.4) is 0 Å². The number of aryl methyl sites for hydroxylation is 2. The van der Waals surface area contributed by atoms with Crippen molar-refractivity contribution in [2.45, 2.75) is 91.1 Å². The lowest BCUT2D eigenvalue weighted by atomic mass is 9.90. The number of carbonyl (C=O) groups is 2. The molecular weight excluding hydrogens is 612 g/mol. The molecule has 1 fully saturated rings. The van der Waals surface area contributed by atoms with Gasteiger partial charge in [-0.3, -0.25) is 9.59 Å². The number of nitrogens with one attached hydrogen (secondary N) is 2. The maximum Gasteiger partial charge on any atom is 0.258 e. The summed E-state index contributed by atoms with van der Waals surface area (Å²) in [5.41, 5.74) is 4.22. The lowest BCUT2D eigenvalue weighted by Gasteiger charge is -2.33. The van der Waals surface area contributed by atoms with Crippen molar-refractivity contribution in [1.82, 2.24) is 10.6 Å². The fourth-order valence-electron chi connectivity index (χ4n) is 4.75. The predicted molar refractivity (Wildman–Crippen MR) is 159 cm³/mol. The summed E-state index contributed by atoms with van der Waals surface area (Å²) < 4.78 is 13.9. The van der Waals surface area contributed by atoms with Gasteiger partial charge in [-0.25, -0.2) is 0 Å². The Morgan fingerprint density at radius 1 is 0.763 bits per heavy atom. The lowest BCUT2D eigenvalue weighted by Crippen LogP contribution is -2.54. The first-order chi connectivity index (χ1) is 18.0. The summed E-state index contributed by atoms with van der Waals surface area (Å²) in [4.78, 5) is 25.7. The summed E-state index contributed by atoms with van der Waals surface area (Å²) in [6.45, 7) is 12.3. The zero-order valence-electron chi connectivity index (χ0n) is 23.3. The molecule has 2 N–H and O–H groups in total. The molecular formula is C30H40Br2N2O4. The van der Waals surface area contributed by atoms with Crippen molar-refractivity contribution in [3.05, 3.63) is 55.5 Å². The highest BCUT2D eigenvalue weighted by Crippen LogP contribution is 2.33. The Labute approximate surface area is 243 Å². The fraction of sp³-hybridized carbons (Fsp3) is 0.533. The second-order valence-corrected chi connectivity index (χ2v) is 12.5. The van der Waals surface area contributed by atoms with Crippen LogP contribution in [-0.4, -0.2) is 37.1 Å². The Bertz CT molecular complexity index is 1060. The Kier molecular flexibility index (Phi) is 11.1. The summed E-state index contributed by atoms with van der Waals surface area (Å²) in [6.07, 6.45) is 3.65. The van der Waals surface area contributed by atoms with Crippen molar-refractivity contribution < 1.29 is 19.1 Å². The third-order valence-corrected chi connectivity index (χ3v) is 8.71. The van der Waals surface area contributed by atoms with Gasteiger partial charge in [0.2, 0.25) is 0 Å². The standard InChI is InChI=1S/C30H40Br2N2O4/c1-17(2)21-13-23(31)19(5)11-27(21)37-15-29(35)33-25-9-7-8-10-26(25)34-30(36)16-38-28-12-20(6)24(32)14-22(28)18(3)4/h11-14,17-18,25-26H,7-10,15-16H2,1-6H3,(H,33,35)(H,34,36)/t25-,26-/m0/s1. The van der Waals surface area contributed by atoms with Crippen LogP contribution < -0.4 is 20.1 Å². The molecule has 0 radical (unpaired) electrons. The number of rotatable bonds is 10. The monoisotopic (exact) mass is 650 g/mol. The van der Waals surface area contributed by atoms with Crippen LogP contribution >= 0.6 is 31.9 Å². The van der Waals surface area contributed by atoms with Gasteiger partial charge in [-0.15, -0.1) is 0 Å². The molecule has 1 saturated carbocycles. The zero-order valence-corrected chi connectivity index (χ0v) is 26.4. The maximum absolute atomic E-state index is 12.8. The first-order valence-corrected chi connectivity index (χ1v) is 15.0. The molecule has 2 amide bonds. The topological polar surface area (TPSA) is 76.7 Å². The minimum Gasteiger partial charge on any atom is -0.483 e. The van der Waals surface area contributed by atoms with Crippen LogP contribution in [-0.2, 0) is 9.59 Å². The summed E-state index contributed by atoms with van der Waals surface area (Å²) in [5.74, 6) is 1.62. The molecule has 2 atom stereocenters. The number of hydrogen-bond donors (Lipinski definition) is 2. The van der Waals surface area contributed by atoms with E-state index >= 15 is 0 Å². The Balaban J connectivity index is 1.57. The molecule has 208 valence electrons. The van der Waals surface area contributed by atoms with Gasteiger partial charge in [0.25, 0.3) is 11.8 Å². The number of hydrogen-bond acceptors (Lipinski definition) is 4. The van der Waals surface area contributed by atoms with E-state index in [2.05, 4.69) is 82.3 Å². The first kappa shape index (κ1) is 30.5. The first-order valence-electron chi connectivity index (χ1n) is 13.4. The summed E-state index contributed by atoms with van der Waals surface area (Å²) in [5, 5.41) is 6.19. The van der Waals surface area contributed by atoms with Gasteiger partial charge >= 0.3 is 0 Å². The second kappa shape index (κ2) is 13.8. The quantitative estimate of drug-likeness (QED) is 0.288. The molecule has 0 aliphatic heterocycles. The normalized spacial score (nSPS) is 17.4. The molecule has 0 unspecified atom stereocenters. The van der Waals surface area contributed by atoms with Crippen LogP contribution in [0.4, 0.5) is 0 Å². The lowest BCUT2D eigenvalue weighted by molar-refractivity contribution is -0.127. The zero-order chi connectivity index (χ0) is 28.0. The number of amides is 2. The molecule has 8 heteroatoms. The van der Waals surface area contributed by atoms with E-state index in [9.17, 15) is 9.59 Å². The van der Waals surface area contributed by atoms with Gasteiger partial charge in [-0.1, -0.05) is 72.4 Å². The number of halogens is 2. The van der Waals surface area contributed by atoms with E-state index in [0.717, 1.165) is 68.4 Å². The minimum absolute atomic E-state index is 0.0675. The van der Waals surface area contributed by atoms with Crippen LogP contribution in [0, 0.1) is 13.8 Å². The highest BCUT2D eigenvalue weighted by molar-refractivity contribution is 9.10. The number of benzene rings is 2. The molecule has 1 aliphatic carbocycles. The molecule has 1 aliphatic rings. The van der Waals surface area contributed by atoms with E-state index in [0.29, 0.717) is 0 Å². The van der Waals surface area contributed by atoms with Gasteiger partial charge < -0.3 is 20.1 Å².